The number of carboxylic acids is 1. The average Bonchev–Trinajstić information content (AvgIpc) is 2.52. The lowest BCUT2D eigenvalue weighted by atomic mass is 10.1. The molecule has 0 aromatic heterocycles. The Morgan fingerprint density at radius 1 is 1.00 bits per heavy atom. The van der Waals surface area contributed by atoms with Gasteiger partial charge in [0.05, 0.1) is 10.6 Å². The van der Waals surface area contributed by atoms with Crippen LogP contribution in [0.3, 0.4) is 0 Å². The Bertz CT molecular complexity index is 828. The van der Waals surface area contributed by atoms with E-state index in [0.29, 0.717) is 24.2 Å². The first-order valence-corrected chi connectivity index (χ1v) is 9.62. The van der Waals surface area contributed by atoms with Gasteiger partial charge in [-0.1, -0.05) is 30.7 Å². The predicted octanol–water partition coefficient (Wildman–Crippen LogP) is 3.32. The summed E-state index contributed by atoms with van der Waals surface area (Å²) in [6.07, 6.45) is 1.66. The Hall–Kier alpha value is -2.08. The molecule has 0 saturated heterocycles. The van der Waals surface area contributed by atoms with Crippen LogP contribution >= 0.6 is 0 Å². The quantitative estimate of drug-likeness (QED) is 0.740. The van der Waals surface area contributed by atoms with Crippen molar-refractivity contribution in [3.8, 4) is 0 Å². The Morgan fingerprint density at radius 3 is 2.33 bits per heavy atom. The molecule has 0 amide bonds. The predicted molar refractivity (Wildman–Crippen MR) is 96.4 cm³/mol. The van der Waals surface area contributed by atoms with Gasteiger partial charge in [-0.2, -0.15) is 0 Å². The van der Waals surface area contributed by atoms with Crippen molar-refractivity contribution in [2.24, 2.45) is 0 Å². The lowest BCUT2D eigenvalue weighted by Crippen LogP contribution is -2.11. The Labute approximate surface area is 142 Å². The molecule has 130 valence electrons. The van der Waals surface area contributed by atoms with Gasteiger partial charge in [0.2, 0.25) is 0 Å². The zero-order valence-electron chi connectivity index (χ0n) is 14.0. The molecule has 0 aliphatic heterocycles. The first-order chi connectivity index (χ1) is 11.3. The molecule has 1 N–H and O–H groups in total. The highest BCUT2D eigenvalue weighted by Gasteiger charge is 2.18. The van der Waals surface area contributed by atoms with Crippen LogP contribution in [0.1, 0.15) is 25.7 Å². The van der Waals surface area contributed by atoms with Crippen molar-refractivity contribution in [2.45, 2.75) is 30.6 Å². The van der Waals surface area contributed by atoms with Crippen molar-refractivity contribution in [1.29, 1.82) is 0 Å². The maximum absolute atomic E-state index is 12.7. The van der Waals surface area contributed by atoms with Crippen LogP contribution in [0.5, 0.6) is 0 Å². The number of unbranched alkanes of at least 4 members (excludes halogenated alkanes) is 2. The van der Waals surface area contributed by atoms with Crippen LogP contribution in [0.25, 0.3) is 10.8 Å². The van der Waals surface area contributed by atoms with Gasteiger partial charge in [0.1, 0.15) is 0 Å². The summed E-state index contributed by atoms with van der Waals surface area (Å²) in [5.41, 5.74) is 0.978. The standard InChI is InChI=1S/C18H23NO4S/c1-19(2)16-10-6-9-15-14(16)8-7-11-17(15)24(22,23)13-5-3-4-12-18(20)21/h6-11H,3-5,12-13H2,1-2H3,(H,20,21). The minimum atomic E-state index is -3.40. The van der Waals surface area contributed by atoms with Gasteiger partial charge in [-0.25, -0.2) is 8.42 Å². The van der Waals surface area contributed by atoms with Crippen molar-refractivity contribution in [2.75, 3.05) is 24.7 Å². The topological polar surface area (TPSA) is 74.7 Å². The van der Waals surface area contributed by atoms with E-state index in [1.807, 2.05) is 43.3 Å². The van der Waals surface area contributed by atoms with Gasteiger partial charge in [0.25, 0.3) is 0 Å². The lowest BCUT2D eigenvalue weighted by molar-refractivity contribution is -0.137. The van der Waals surface area contributed by atoms with E-state index in [-0.39, 0.29) is 12.2 Å². The summed E-state index contributed by atoms with van der Waals surface area (Å²) in [4.78, 5) is 12.8. The Morgan fingerprint density at radius 2 is 1.67 bits per heavy atom. The molecule has 0 fully saturated rings. The Kier molecular flexibility index (Phi) is 5.83. The summed E-state index contributed by atoms with van der Waals surface area (Å²) in [5.74, 6) is -0.805. The van der Waals surface area contributed by atoms with Crippen molar-refractivity contribution in [3.63, 3.8) is 0 Å². The molecule has 0 spiro atoms. The third kappa shape index (κ3) is 4.26. The van der Waals surface area contributed by atoms with Crippen LogP contribution in [0, 0.1) is 0 Å². The summed E-state index contributed by atoms with van der Waals surface area (Å²) in [6, 6.07) is 11.0. The van der Waals surface area contributed by atoms with Gasteiger partial charge in [-0.15, -0.1) is 0 Å². The maximum Gasteiger partial charge on any atom is 0.303 e. The summed E-state index contributed by atoms with van der Waals surface area (Å²) in [7, 11) is 0.462. The van der Waals surface area contributed by atoms with Gasteiger partial charge < -0.3 is 10.0 Å². The average molecular weight is 349 g/mol. The molecule has 0 atom stereocenters. The normalized spacial score (nSPS) is 11.6. The van der Waals surface area contributed by atoms with Crippen molar-refractivity contribution in [1.82, 2.24) is 0 Å². The van der Waals surface area contributed by atoms with Crippen LogP contribution in [0.2, 0.25) is 0 Å². The van der Waals surface area contributed by atoms with E-state index >= 15 is 0 Å². The van der Waals surface area contributed by atoms with E-state index in [9.17, 15) is 13.2 Å². The van der Waals surface area contributed by atoms with Crippen LogP contribution in [-0.4, -0.2) is 39.3 Å². The molecule has 0 aliphatic rings. The van der Waals surface area contributed by atoms with Crippen molar-refractivity contribution < 1.29 is 18.3 Å². The number of sulfone groups is 1. The minimum Gasteiger partial charge on any atom is -0.481 e. The molecule has 0 heterocycles. The number of anilines is 1. The number of carboxylic acid groups (broad SMARTS) is 1. The van der Waals surface area contributed by atoms with Crippen LogP contribution in [-0.2, 0) is 14.6 Å². The van der Waals surface area contributed by atoms with Gasteiger partial charge in [0, 0.05) is 37.0 Å². The van der Waals surface area contributed by atoms with E-state index in [4.69, 9.17) is 5.11 Å². The molecule has 2 aromatic rings. The van der Waals surface area contributed by atoms with Gasteiger partial charge >= 0.3 is 5.97 Å². The number of hydrogen-bond donors (Lipinski definition) is 1. The van der Waals surface area contributed by atoms with Crippen LogP contribution < -0.4 is 4.90 Å². The molecule has 2 rings (SSSR count). The highest BCUT2D eigenvalue weighted by molar-refractivity contribution is 7.91. The minimum absolute atomic E-state index is 0.0396. The molecule has 6 heteroatoms. The number of aliphatic carboxylic acids is 1. The summed E-state index contributed by atoms with van der Waals surface area (Å²) >= 11 is 0. The third-order valence-electron chi connectivity index (χ3n) is 3.98. The zero-order valence-corrected chi connectivity index (χ0v) is 14.8. The fourth-order valence-electron chi connectivity index (χ4n) is 2.78. The fraction of sp³-hybridized carbons (Fsp3) is 0.389. The fourth-order valence-corrected chi connectivity index (χ4v) is 4.38. The largest absolute Gasteiger partial charge is 0.481 e. The second kappa shape index (κ2) is 7.66. The molecule has 0 saturated carbocycles. The van der Waals surface area contributed by atoms with E-state index in [1.54, 1.807) is 12.1 Å². The number of fused-ring (bicyclic) bond motifs is 1. The van der Waals surface area contributed by atoms with E-state index in [2.05, 4.69) is 0 Å². The summed E-state index contributed by atoms with van der Waals surface area (Å²) in [6.45, 7) is 0. The van der Waals surface area contributed by atoms with E-state index < -0.39 is 15.8 Å². The van der Waals surface area contributed by atoms with Gasteiger partial charge in [-0.3, -0.25) is 4.79 Å². The number of benzene rings is 2. The van der Waals surface area contributed by atoms with Crippen molar-refractivity contribution in [3.05, 3.63) is 36.4 Å². The molecule has 5 nitrogen and oxygen atoms in total. The number of nitrogens with zero attached hydrogens (tertiary/aromatic N) is 1. The molecular formula is C18H23NO4S. The SMILES string of the molecule is CN(C)c1cccc2c(S(=O)(=O)CCCCCC(=O)O)cccc12. The molecule has 0 bridgehead atoms. The van der Waals surface area contributed by atoms with Crippen molar-refractivity contribution >= 4 is 32.3 Å². The second-order valence-electron chi connectivity index (χ2n) is 6.05. The van der Waals surface area contributed by atoms with Gasteiger partial charge in [0.15, 0.2) is 9.84 Å². The van der Waals surface area contributed by atoms with Crippen LogP contribution in [0.4, 0.5) is 5.69 Å². The number of carbonyl (C=O) groups is 1. The van der Waals surface area contributed by atoms with E-state index in [1.165, 1.54) is 0 Å². The summed E-state index contributed by atoms with van der Waals surface area (Å²) in [5, 5.41) is 10.3. The smallest absolute Gasteiger partial charge is 0.303 e. The van der Waals surface area contributed by atoms with Crippen LogP contribution in [0.15, 0.2) is 41.3 Å². The molecular weight excluding hydrogens is 326 g/mol. The number of hydrogen-bond acceptors (Lipinski definition) is 4. The zero-order chi connectivity index (χ0) is 17.7. The highest BCUT2D eigenvalue weighted by atomic mass is 32.2. The summed E-state index contributed by atoms with van der Waals surface area (Å²) < 4.78 is 25.4. The molecule has 24 heavy (non-hydrogen) atoms. The number of rotatable bonds is 8. The first-order valence-electron chi connectivity index (χ1n) is 7.96. The molecule has 0 aliphatic carbocycles. The third-order valence-corrected chi connectivity index (χ3v) is 5.83. The lowest BCUT2D eigenvalue weighted by Gasteiger charge is -2.17. The van der Waals surface area contributed by atoms with E-state index in [0.717, 1.165) is 16.5 Å². The Balaban J connectivity index is 2.24. The van der Waals surface area contributed by atoms with Gasteiger partial charge in [-0.05, 0) is 25.0 Å². The highest BCUT2D eigenvalue weighted by Crippen LogP contribution is 2.30. The first kappa shape index (κ1) is 18.3. The monoisotopic (exact) mass is 349 g/mol. The molecule has 0 unspecified atom stereocenters. The molecule has 2 aromatic carbocycles. The molecule has 0 radical (unpaired) electrons. The second-order valence-corrected chi connectivity index (χ2v) is 8.12. The maximum atomic E-state index is 12.7.